The highest BCUT2D eigenvalue weighted by Gasteiger charge is 2.21. The molecule has 0 fully saturated rings. The molecule has 1 heterocycles. The maximum atomic E-state index is 13.1. The Morgan fingerprint density at radius 3 is 2.27 bits per heavy atom. The van der Waals surface area contributed by atoms with Gasteiger partial charge in [0.1, 0.15) is 11.4 Å². The van der Waals surface area contributed by atoms with Crippen LogP contribution in [-0.4, -0.2) is 29.0 Å². The molecule has 0 aliphatic carbocycles. The molecule has 37 heavy (non-hydrogen) atoms. The van der Waals surface area contributed by atoms with Crippen LogP contribution in [0.4, 0.5) is 11.4 Å². The maximum Gasteiger partial charge on any atom is 0.328 e. The number of carbonyl (C=O) groups excluding carboxylic acids is 3. The van der Waals surface area contributed by atoms with E-state index in [1.165, 1.54) is 4.68 Å². The number of nitrogens with one attached hydrogen (secondary N) is 3. The first-order chi connectivity index (χ1) is 17.8. The van der Waals surface area contributed by atoms with Crippen LogP contribution in [0.2, 0.25) is 5.02 Å². The molecule has 3 N–H and O–H groups in total. The summed E-state index contributed by atoms with van der Waals surface area (Å²) in [6.07, 6.45) is 1.98. The van der Waals surface area contributed by atoms with Crippen LogP contribution >= 0.6 is 27.5 Å². The average Bonchev–Trinajstić information content (AvgIpc) is 3.23. The van der Waals surface area contributed by atoms with Crippen LogP contribution < -0.4 is 20.8 Å². The number of rotatable bonds is 8. The number of nitrogens with zero attached hydrogens (tertiary/aromatic N) is 1. The van der Waals surface area contributed by atoms with Crippen molar-refractivity contribution in [3.8, 4) is 5.75 Å². The SMILES string of the molecule is CCCCOc1ccc(NC(=O)C(=O)Nn2c(C(=O)Nc3ccc(Cl)cc3)cc3cc(Br)ccc32)cc1. The minimum atomic E-state index is -0.941. The van der Waals surface area contributed by atoms with Crippen LogP contribution in [0.25, 0.3) is 10.9 Å². The summed E-state index contributed by atoms with van der Waals surface area (Å²) in [5, 5.41) is 6.56. The number of amides is 3. The van der Waals surface area contributed by atoms with E-state index in [2.05, 4.69) is 38.9 Å². The number of carbonyl (C=O) groups is 3. The third kappa shape index (κ3) is 6.69. The highest BCUT2D eigenvalue weighted by Crippen LogP contribution is 2.24. The molecule has 3 aromatic carbocycles. The van der Waals surface area contributed by atoms with Gasteiger partial charge in [0, 0.05) is 26.3 Å². The largest absolute Gasteiger partial charge is 0.494 e. The summed E-state index contributed by atoms with van der Waals surface area (Å²) < 4.78 is 7.70. The zero-order valence-electron chi connectivity index (χ0n) is 19.9. The molecule has 1 aromatic heterocycles. The van der Waals surface area contributed by atoms with Gasteiger partial charge in [0.15, 0.2) is 0 Å². The third-order valence-electron chi connectivity index (χ3n) is 5.40. The van der Waals surface area contributed by atoms with Gasteiger partial charge in [-0.15, -0.1) is 0 Å². The summed E-state index contributed by atoms with van der Waals surface area (Å²) in [7, 11) is 0. The molecule has 4 rings (SSSR count). The highest BCUT2D eigenvalue weighted by molar-refractivity contribution is 9.10. The summed E-state index contributed by atoms with van der Waals surface area (Å²) in [4.78, 5) is 38.6. The lowest BCUT2D eigenvalue weighted by molar-refractivity contribution is -0.133. The highest BCUT2D eigenvalue weighted by atomic mass is 79.9. The van der Waals surface area contributed by atoms with Crippen molar-refractivity contribution >= 4 is 67.5 Å². The molecule has 8 nitrogen and oxygen atoms in total. The first kappa shape index (κ1) is 26.2. The van der Waals surface area contributed by atoms with Crippen LogP contribution in [0.1, 0.15) is 30.3 Å². The fourth-order valence-corrected chi connectivity index (χ4v) is 4.02. The molecule has 0 atom stereocenters. The second kappa shape index (κ2) is 11.9. The zero-order valence-corrected chi connectivity index (χ0v) is 22.2. The summed E-state index contributed by atoms with van der Waals surface area (Å²) in [6.45, 7) is 2.69. The van der Waals surface area contributed by atoms with Crippen molar-refractivity contribution in [2.24, 2.45) is 0 Å². The summed E-state index contributed by atoms with van der Waals surface area (Å²) in [5.74, 6) is -1.63. The minimum Gasteiger partial charge on any atom is -0.494 e. The van der Waals surface area contributed by atoms with Crippen molar-refractivity contribution in [2.75, 3.05) is 22.7 Å². The first-order valence-corrected chi connectivity index (χ1v) is 12.7. The maximum absolute atomic E-state index is 13.1. The lowest BCUT2D eigenvalue weighted by Gasteiger charge is -2.13. The molecule has 0 spiro atoms. The number of anilines is 2. The summed E-state index contributed by atoms with van der Waals surface area (Å²) in [6, 6.07) is 20.3. The Balaban J connectivity index is 1.51. The van der Waals surface area contributed by atoms with Crippen molar-refractivity contribution in [1.29, 1.82) is 0 Å². The smallest absolute Gasteiger partial charge is 0.328 e. The average molecular weight is 584 g/mol. The molecule has 0 saturated heterocycles. The van der Waals surface area contributed by atoms with Gasteiger partial charge in [0.25, 0.3) is 5.91 Å². The number of aromatic nitrogens is 1. The number of halogens is 2. The van der Waals surface area contributed by atoms with Crippen molar-refractivity contribution in [3.63, 3.8) is 0 Å². The minimum absolute atomic E-state index is 0.137. The second-order valence-electron chi connectivity index (χ2n) is 8.15. The normalized spacial score (nSPS) is 10.7. The number of benzene rings is 3. The molecule has 0 aliphatic rings. The molecule has 3 amide bonds. The van der Waals surface area contributed by atoms with Gasteiger partial charge in [0.05, 0.1) is 12.1 Å². The first-order valence-electron chi connectivity index (χ1n) is 11.6. The van der Waals surface area contributed by atoms with Crippen molar-refractivity contribution < 1.29 is 19.1 Å². The van der Waals surface area contributed by atoms with E-state index in [0.29, 0.717) is 39.7 Å². The molecule has 4 aromatic rings. The van der Waals surface area contributed by atoms with E-state index in [1.807, 2.05) is 0 Å². The van der Waals surface area contributed by atoms with Crippen LogP contribution in [0.5, 0.6) is 5.75 Å². The van der Waals surface area contributed by atoms with Gasteiger partial charge >= 0.3 is 11.8 Å². The fraction of sp³-hybridized carbons (Fsp3) is 0.148. The van der Waals surface area contributed by atoms with Gasteiger partial charge < -0.3 is 15.4 Å². The van der Waals surface area contributed by atoms with E-state index < -0.39 is 17.7 Å². The number of fused-ring (bicyclic) bond motifs is 1. The van der Waals surface area contributed by atoms with E-state index in [-0.39, 0.29) is 5.69 Å². The monoisotopic (exact) mass is 582 g/mol. The Morgan fingerprint density at radius 1 is 0.892 bits per heavy atom. The predicted molar refractivity (Wildman–Crippen MR) is 149 cm³/mol. The van der Waals surface area contributed by atoms with E-state index >= 15 is 0 Å². The molecule has 0 bridgehead atoms. The van der Waals surface area contributed by atoms with Crippen molar-refractivity contribution in [2.45, 2.75) is 19.8 Å². The van der Waals surface area contributed by atoms with Crippen LogP contribution in [-0.2, 0) is 9.59 Å². The molecule has 0 unspecified atom stereocenters. The lowest BCUT2D eigenvalue weighted by Crippen LogP contribution is -2.36. The van der Waals surface area contributed by atoms with E-state index in [0.717, 1.165) is 17.3 Å². The van der Waals surface area contributed by atoms with Crippen LogP contribution in [0.3, 0.4) is 0 Å². The summed E-state index contributed by atoms with van der Waals surface area (Å²) >= 11 is 9.34. The van der Waals surface area contributed by atoms with E-state index in [9.17, 15) is 14.4 Å². The topological polar surface area (TPSA) is 101 Å². The zero-order chi connectivity index (χ0) is 26.4. The fourth-order valence-electron chi connectivity index (χ4n) is 3.51. The van der Waals surface area contributed by atoms with Gasteiger partial charge in [-0.25, -0.2) is 4.68 Å². The van der Waals surface area contributed by atoms with Gasteiger partial charge in [-0.05, 0) is 79.2 Å². The molecule has 0 saturated carbocycles. The van der Waals surface area contributed by atoms with Gasteiger partial charge in [-0.2, -0.15) is 0 Å². The molecule has 10 heteroatoms. The Morgan fingerprint density at radius 2 is 1.57 bits per heavy atom. The van der Waals surface area contributed by atoms with Crippen molar-refractivity contribution in [1.82, 2.24) is 4.68 Å². The quantitative estimate of drug-likeness (QED) is 0.170. The van der Waals surface area contributed by atoms with Gasteiger partial charge in [-0.3, -0.25) is 19.8 Å². The molecule has 0 aliphatic heterocycles. The number of unbranched alkanes of at least 4 members (excludes halogenated alkanes) is 1. The predicted octanol–water partition coefficient (Wildman–Crippen LogP) is 6.20. The van der Waals surface area contributed by atoms with E-state index in [1.54, 1.807) is 72.8 Å². The Hall–Kier alpha value is -3.82. The molecule has 0 radical (unpaired) electrons. The van der Waals surface area contributed by atoms with E-state index in [4.69, 9.17) is 16.3 Å². The third-order valence-corrected chi connectivity index (χ3v) is 6.14. The standard InChI is InChI=1S/C27H24BrClN4O4/c1-2-3-14-37-22-11-9-21(10-12-22)31-26(35)27(36)32-33-23-13-4-18(28)15-17(23)16-24(33)25(34)30-20-7-5-19(29)6-8-20/h4-13,15-16H,2-3,14H2,1H3,(H,30,34)(H,31,35)(H,32,36). The van der Waals surface area contributed by atoms with Crippen LogP contribution in [0.15, 0.2) is 77.3 Å². The number of ether oxygens (including phenoxy) is 1. The van der Waals surface area contributed by atoms with Gasteiger partial charge in [-0.1, -0.05) is 40.9 Å². The molecule has 190 valence electrons. The summed E-state index contributed by atoms with van der Waals surface area (Å²) in [5.41, 5.74) is 4.18. The number of hydrogen-bond donors (Lipinski definition) is 3. The molecular formula is C27H24BrClN4O4. The number of hydrogen-bond acceptors (Lipinski definition) is 4. The Kier molecular flexibility index (Phi) is 8.47. The van der Waals surface area contributed by atoms with Crippen LogP contribution in [0, 0.1) is 0 Å². The van der Waals surface area contributed by atoms with Crippen molar-refractivity contribution in [3.05, 3.63) is 88.0 Å². The second-order valence-corrected chi connectivity index (χ2v) is 9.50. The lowest BCUT2D eigenvalue weighted by atomic mass is 10.2. The van der Waals surface area contributed by atoms with Gasteiger partial charge in [0.2, 0.25) is 0 Å². The molecular weight excluding hydrogens is 560 g/mol. The Labute approximate surface area is 227 Å². The Bertz CT molecular complexity index is 1440.